The smallest absolute Gasteiger partial charge is 0.324 e. The van der Waals surface area contributed by atoms with Crippen LogP contribution in [0.15, 0.2) is 36.0 Å². The SMILES string of the molecule is CN[C@@H](/C=C1\C=CC=CC1)C(=O)O. The first-order valence-electron chi connectivity index (χ1n) is 4.18. The second-order valence-corrected chi connectivity index (χ2v) is 2.84. The van der Waals surface area contributed by atoms with E-state index in [4.69, 9.17) is 5.11 Å². The van der Waals surface area contributed by atoms with Gasteiger partial charge in [-0.3, -0.25) is 4.79 Å². The maximum absolute atomic E-state index is 10.7. The number of aliphatic carboxylic acids is 1. The molecule has 0 bridgehead atoms. The molecular formula is C10H13NO2. The van der Waals surface area contributed by atoms with Crippen LogP contribution in [-0.2, 0) is 4.79 Å². The van der Waals surface area contributed by atoms with E-state index in [-0.39, 0.29) is 0 Å². The second-order valence-electron chi connectivity index (χ2n) is 2.84. The number of hydrogen-bond acceptors (Lipinski definition) is 2. The number of rotatable bonds is 3. The van der Waals surface area contributed by atoms with Crippen LogP contribution >= 0.6 is 0 Å². The van der Waals surface area contributed by atoms with Gasteiger partial charge in [0.25, 0.3) is 0 Å². The molecule has 0 aliphatic heterocycles. The normalized spacial score (nSPS) is 20.5. The van der Waals surface area contributed by atoms with E-state index >= 15 is 0 Å². The number of hydrogen-bond donors (Lipinski definition) is 2. The lowest BCUT2D eigenvalue weighted by atomic mass is 10.1. The van der Waals surface area contributed by atoms with Crippen LogP contribution in [0.4, 0.5) is 0 Å². The Morgan fingerprint density at radius 1 is 1.69 bits per heavy atom. The van der Waals surface area contributed by atoms with Gasteiger partial charge >= 0.3 is 5.97 Å². The maximum Gasteiger partial charge on any atom is 0.324 e. The Morgan fingerprint density at radius 3 is 2.92 bits per heavy atom. The molecule has 1 aliphatic carbocycles. The first-order valence-corrected chi connectivity index (χ1v) is 4.18. The summed E-state index contributed by atoms with van der Waals surface area (Å²) < 4.78 is 0. The highest BCUT2D eigenvalue weighted by Crippen LogP contribution is 2.10. The number of likely N-dealkylation sites (N-methyl/N-ethyl adjacent to an activating group) is 1. The van der Waals surface area contributed by atoms with Crippen molar-refractivity contribution < 1.29 is 9.90 Å². The minimum Gasteiger partial charge on any atom is -0.480 e. The fourth-order valence-electron chi connectivity index (χ4n) is 1.15. The third-order valence-electron chi connectivity index (χ3n) is 1.87. The first kappa shape index (κ1) is 9.74. The minimum absolute atomic E-state index is 0.592. The van der Waals surface area contributed by atoms with Crippen molar-refractivity contribution in [2.24, 2.45) is 0 Å². The maximum atomic E-state index is 10.7. The van der Waals surface area contributed by atoms with E-state index in [1.807, 2.05) is 24.3 Å². The molecule has 0 aromatic heterocycles. The van der Waals surface area contributed by atoms with Crippen LogP contribution in [0, 0.1) is 0 Å². The van der Waals surface area contributed by atoms with Gasteiger partial charge in [0.05, 0.1) is 0 Å². The molecule has 1 atom stereocenters. The summed E-state index contributed by atoms with van der Waals surface area (Å²) in [7, 11) is 1.64. The molecule has 1 rings (SSSR count). The van der Waals surface area contributed by atoms with Crippen LogP contribution in [-0.4, -0.2) is 24.2 Å². The molecule has 2 N–H and O–H groups in total. The fraction of sp³-hybridized carbons (Fsp3) is 0.300. The van der Waals surface area contributed by atoms with Gasteiger partial charge in [-0.1, -0.05) is 30.4 Å². The van der Waals surface area contributed by atoms with Gasteiger partial charge in [0.2, 0.25) is 0 Å². The molecule has 0 heterocycles. The average molecular weight is 179 g/mol. The largest absolute Gasteiger partial charge is 0.480 e. The third kappa shape index (κ3) is 2.87. The summed E-state index contributed by atoms with van der Waals surface area (Å²) in [6.45, 7) is 0. The van der Waals surface area contributed by atoms with Gasteiger partial charge in [0.1, 0.15) is 6.04 Å². The topological polar surface area (TPSA) is 49.3 Å². The summed E-state index contributed by atoms with van der Waals surface area (Å²) >= 11 is 0. The van der Waals surface area contributed by atoms with E-state index in [0.717, 1.165) is 12.0 Å². The van der Waals surface area contributed by atoms with Crippen molar-refractivity contribution in [2.45, 2.75) is 12.5 Å². The summed E-state index contributed by atoms with van der Waals surface area (Å²) in [5.74, 6) is -0.849. The van der Waals surface area contributed by atoms with Crippen molar-refractivity contribution in [1.29, 1.82) is 0 Å². The number of carboxylic acids is 1. The van der Waals surface area contributed by atoms with E-state index in [2.05, 4.69) is 5.32 Å². The third-order valence-corrected chi connectivity index (χ3v) is 1.87. The zero-order chi connectivity index (χ0) is 9.68. The lowest BCUT2D eigenvalue weighted by Gasteiger charge is -2.08. The van der Waals surface area contributed by atoms with Crippen molar-refractivity contribution in [1.82, 2.24) is 5.32 Å². The number of carbonyl (C=O) groups is 1. The highest BCUT2D eigenvalue weighted by molar-refractivity contribution is 5.76. The van der Waals surface area contributed by atoms with Crippen molar-refractivity contribution in [3.8, 4) is 0 Å². The van der Waals surface area contributed by atoms with Gasteiger partial charge in [0, 0.05) is 0 Å². The first-order chi connectivity index (χ1) is 6.24. The molecule has 0 unspecified atom stereocenters. The van der Waals surface area contributed by atoms with Gasteiger partial charge in [-0.15, -0.1) is 0 Å². The highest BCUT2D eigenvalue weighted by Gasteiger charge is 2.11. The van der Waals surface area contributed by atoms with Crippen molar-refractivity contribution in [2.75, 3.05) is 7.05 Å². The van der Waals surface area contributed by atoms with E-state index in [9.17, 15) is 4.79 Å². The van der Waals surface area contributed by atoms with Crippen LogP contribution < -0.4 is 5.32 Å². The molecular weight excluding hydrogens is 166 g/mol. The fourth-order valence-corrected chi connectivity index (χ4v) is 1.15. The minimum atomic E-state index is -0.849. The summed E-state index contributed by atoms with van der Waals surface area (Å²) in [6, 6.07) is -0.592. The van der Waals surface area contributed by atoms with Crippen LogP contribution in [0.3, 0.4) is 0 Å². The van der Waals surface area contributed by atoms with Crippen molar-refractivity contribution >= 4 is 5.97 Å². The zero-order valence-corrected chi connectivity index (χ0v) is 7.53. The Bertz CT molecular complexity index is 277. The van der Waals surface area contributed by atoms with Crippen LogP contribution in [0.2, 0.25) is 0 Å². The molecule has 0 saturated carbocycles. The predicted octanol–water partition coefficient (Wildman–Crippen LogP) is 1.10. The second kappa shape index (κ2) is 4.62. The predicted molar refractivity (Wildman–Crippen MR) is 51.5 cm³/mol. The van der Waals surface area contributed by atoms with Crippen LogP contribution in [0.5, 0.6) is 0 Å². The molecule has 1 aliphatic rings. The Hall–Kier alpha value is -1.35. The monoisotopic (exact) mass is 179 g/mol. The molecule has 0 amide bonds. The Balaban J connectivity index is 2.67. The quantitative estimate of drug-likeness (QED) is 0.682. The molecule has 0 aromatic carbocycles. The molecule has 0 radical (unpaired) electrons. The molecule has 0 fully saturated rings. The zero-order valence-electron chi connectivity index (χ0n) is 7.53. The van der Waals surface area contributed by atoms with Gasteiger partial charge in [0.15, 0.2) is 0 Å². The number of nitrogens with one attached hydrogen (secondary N) is 1. The number of allylic oxidation sites excluding steroid dienone is 5. The summed E-state index contributed by atoms with van der Waals surface area (Å²) in [4.78, 5) is 10.7. The summed E-state index contributed by atoms with van der Waals surface area (Å²) in [6.07, 6.45) is 10.3. The molecule has 0 saturated heterocycles. The molecule has 3 nitrogen and oxygen atoms in total. The lowest BCUT2D eigenvalue weighted by molar-refractivity contribution is -0.138. The van der Waals surface area contributed by atoms with Gasteiger partial charge < -0.3 is 10.4 Å². The van der Waals surface area contributed by atoms with E-state index < -0.39 is 12.0 Å². The highest BCUT2D eigenvalue weighted by atomic mass is 16.4. The molecule has 13 heavy (non-hydrogen) atoms. The van der Waals surface area contributed by atoms with Crippen molar-refractivity contribution in [3.05, 3.63) is 36.0 Å². The molecule has 70 valence electrons. The Labute approximate surface area is 77.5 Å². The summed E-state index contributed by atoms with van der Waals surface area (Å²) in [5.41, 5.74) is 1.03. The van der Waals surface area contributed by atoms with E-state index in [1.165, 1.54) is 0 Å². The standard InChI is InChI=1S/C10H13NO2/c1-11-9(10(12)13)7-8-5-3-2-4-6-8/h2-5,7,9,11H,6H2,1H3,(H,12,13)/b8-7+/t9-/m0/s1. The van der Waals surface area contributed by atoms with Gasteiger partial charge in [-0.05, 0) is 19.0 Å². The molecule has 0 spiro atoms. The van der Waals surface area contributed by atoms with Gasteiger partial charge in [-0.2, -0.15) is 0 Å². The Morgan fingerprint density at radius 2 is 2.46 bits per heavy atom. The van der Waals surface area contributed by atoms with Gasteiger partial charge in [-0.25, -0.2) is 0 Å². The lowest BCUT2D eigenvalue weighted by Crippen LogP contribution is -2.32. The van der Waals surface area contributed by atoms with E-state index in [1.54, 1.807) is 13.1 Å². The van der Waals surface area contributed by atoms with Crippen molar-refractivity contribution in [3.63, 3.8) is 0 Å². The average Bonchev–Trinajstić information content (AvgIpc) is 2.15. The summed E-state index contributed by atoms with van der Waals surface area (Å²) in [5, 5.41) is 11.5. The van der Waals surface area contributed by atoms with Crippen LogP contribution in [0.25, 0.3) is 0 Å². The molecule has 3 heteroatoms. The Kier molecular flexibility index (Phi) is 3.46. The van der Waals surface area contributed by atoms with E-state index in [0.29, 0.717) is 0 Å². The van der Waals surface area contributed by atoms with Crippen LogP contribution in [0.1, 0.15) is 6.42 Å². The molecule has 0 aromatic rings. The number of carboxylic acid groups (broad SMARTS) is 1.